The molecule has 0 aliphatic rings. The van der Waals surface area contributed by atoms with Crippen LogP contribution in [0.1, 0.15) is 17.7 Å². The maximum atomic E-state index is 12.3. The van der Waals surface area contributed by atoms with Crippen molar-refractivity contribution in [3.8, 4) is 11.5 Å². The van der Waals surface area contributed by atoms with Crippen LogP contribution in [-0.4, -0.2) is 46.4 Å². The molecular weight excluding hydrogens is 348 g/mol. The number of carboxylic acids is 1. The Kier molecular flexibility index (Phi) is 6.01. The molecule has 0 aliphatic carbocycles. The molecule has 0 fully saturated rings. The third kappa shape index (κ3) is 4.51. The normalized spacial score (nSPS) is 10.8. The highest BCUT2D eigenvalue weighted by Gasteiger charge is 2.09. The molecule has 1 aromatic heterocycles. The molecule has 1 aromatic carbocycles. The third-order valence-electron chi connectivity index (χ3n) is 3.25. The Morgan fingerprint density at radius 2 is 2.20 bits per heavy atom. The van der Waals surface area contributed by atoms with Crippen LogP contribution in [0.15, 0.2) is 28.1 Å². The largest absolute Gasteiger partial charge is 0.497 e. The zero-order valence-corrected chi connectivity index (χ0v) is 14.4. The summed E-state index contributed by atoms with van der Waals surface area (Å²) in [4.78, 5) is 23.0. The highest BCUT2D eigenvalue weighted by atomic mass is 32.1. The van der Waals surface area contributed by atoms with Crippen LogP contribution in [0.2, 0.25) is 0 Å². The average molecular weight is 364 g/mol. The van der Waals surface area contributed by atoms with Gasteiger partial charge in [-0.15, -0.1) is 0 Å². The van der Waals surface area contributed by atoms with Gasteiger partial charge >= 0.3 is 5.97 Å². The Labute approximate surface area is 147 Å². The first-order valence-corrected chi connectivity index (χ1v) is 7.56. The van der Waals surface area contributed by atoms with E-state index in [1.807, 2.05) is 0 Å². The molecule has 0 atom stereocenters. The molecule has 0 unspecified atom stereocenters. The van der Waals surface area contributed by atoms with Crippen LogP contribution < -0.4 is 15.0 Å². The highest BCUT2D eigenvalue weighted by Crippen LogP contribution is 2.23. The fraction of sp³-hybridized carbons (Fsp3) is 0.267. The van der Waals surface area contributed by atoms with Crippen LogP contribution in [0.25, 0.3) is 0 Å². The number of rotatable bonds is 7. The van der Waals surface area contributed by atoms with Crippen molar-refractivity contribution < 1.29 is 19.4 Å². The van der Waals surface area contributed by atoms with Crippen molar-refractivity contribution in [2.75, 3.05) is 14.2 Å². The molecule has 0 radical (unpaired) electrons. The molecule has 0 spiro atoms. The van der Waals surface area contributed by atoms with Crippen molar-refractivity contribution in [2.45, 2.75) is 12.8 Å². The number of hydrogen-bond donors (Lipinski definition) is 2. The lowest BCUT2D eigenvalue weighted by Crippen LogP contribution is -2.25. The first kappa shape index (κ1) is 18.3. The lowest BCUT2D eigenvalue weighted by atomic mass is 10.2. The van der Waals surface area contributed by atoms with Gasteiger partial charge in [-0.3, -0.25) is 14.7 Å². The Morgan fingerprint density at radius 1 is 1.44 bits per heavy atom. The number of methoxy groups -OCH3 is 2. The van der Waals surface area contributed by atoms with Crippen LogP contribution in [0, 0.1) is 4.77 Å². The molecule has 0 saturated carbocycles. The average Bonchev–Trinajstić information content (AvgIpc) is 2.60. The molecule has 25 heavy (non-hydrogen) atoms. The summed E-state index contributed by atoms with van der Waals surface area (Å²) >= 11 is 5.01. The molecular formula is C15H16N4O5S. The zero-order valence-electron chi connectivity index (χ0n) is 13.6. The van der Waals surface area contributed by atoms with Crippen LogP contribution in [0.4, 0.5) is 0 Å². The van der Waals surface area contributed by atoms with Crippen molar-refractivity contribution in [1.82, 2.24) is 14.9 Å². The van der Waals surface area contributed by atoms with Gasteiger partial charge in [0.25, 0.3) is 5.56 Å². The lowest BCUT2D eigenvalue weighted by molar-refractivity contribution is -0.136. The quantitative estimate of drug-likeness (QED) is 0.560. The fourth-order valence-electron chi connectivity index (χ4n) is 1.96. The van der Waals surface area contributed by atoms with Crippen molar-refractivity contribution >= 4 is 24.4 Å². The number of H-pyrrole nitrogens is 1. The summed E-state index contributed by atoms with van der Waals surface area (Å²) < 4.78 is 11.3. The summed E-state index contributed by atoms with van der Waals surface area (Å²) in [6, 6.07) is 5.11. The molecule has 0 saturated heterocycles. The molecule has 9 nitrogen and oxygen atoms in total. The van der Waals surface area contributed by atoms with Crippen molar-refractivity contribution in [2.24, 2.45) is 5.10 Å². The van der Waals surface area contributed by atoms with E-state index < -0.39 is 11.5 Å². The van der Waals surface area contributed by atoms with Crippen LogP contribution in [-0.2, 0) is 11.2 Å². The summed E-state index contributed by atoms with van der Waals surface area (Å²) in [5.74, 6) is 0.0937. The zero-order chi connectivity index (χ0) is 18.4. The standard InChI is InChI=1S/C15H16N4O5S/c1-23-10-4-3-9(12(7-10)24-2)8-16-19-14(22)11(5-6-13(20)21)17-18-15(19)25/h3-4,7-8H,5-6H2,1-2H3,(H,18,25)(H,20,21)/b16-8-. The van der Waals surface area contributed by atoms with E-state index in [0.29, 0.717) is 17.1 Å². The van der Waals surface area contributed by atoms with Crippen molar-refractivity contribution in [3.63, 3.8) is 0 Å². The monoisotopic (exact) mass is 364 g/mol. The van der Waals surface area contributed by atoms with Gasteiger partial charge in [-0.05, 0) is 24.4 Å². The fourth-order valence-corrected chi connectivity index (χ4v) is 2.14. The number of aryl methyl sites for hydroxylation is 1. The van der Waals surface area contributed by atoms with Gasteiger partial charge in [0.2, 0.25) is 4.77 Å². The van der Waals surface area contributed by atoms with Gasteiger partial charge in [0.15, 0.2) is 0 Å². The number of aliphatic carboxylic acids is 1. The second kappa shape index (κ2) is 8.20. The van der Waals surface area contributed by atoms with Gasteiger partial charge in [0.1, 0.15) is 17.2 Å². The Morgan fingerprint density at radius 3 is 2.84 bits per heavy atom. The molecule has 0 aliphatic heterocycles. The first-order valence-electron chi connectivity index (χ1n) is 7.15. The number of aromatic nitrogens is 3. The smallest absolute Gasteiger partial charge is 0.303 e. The Bertz CT molecular complexity index is 919. The first-order chi connectivity index (χ1) is 12.0. The maximum absolute atomic E-state index is 12.3. The number of nitrogens with zero attached hydrogens (tertiary/aromatic N) is 3. The summed E-state index contributed by atoms with van der Waals surface area (Å²) in [6.07, 6.45) is 1.16. The third-order valence-corrected chi connectivity index (χ3v) is 3.51. The topological polar surface area (TPSA) is 119 Å². The van der Waals surface area contributed by atoms with E-state index in [4.69, 9.17) is 26.8 Å². The van der Waals surface area contributed by atoms with Gasteiger partial charge in [0.05, 0.1) is 26.9 Å². The van der Waals surface area contributed by atoms with E-state index in [2.05, 4.69) is 15.3 Å². The Balaban J connectivity index is 2.38. The van der Waals surface area contributed by atoms with E-state index >= 15 is 0 Å². The predicted octanol–water partition coefficient (Wildman–Crippen LogP) is 1.22. The maximum Gasteiger partial charge on any atom is 0.303 e. The van der Waals surface area contributed by atoms with E-state index in [1.54, 1.807) is 18.2 Å². The lowest BCUT2D eigenvalue weighted by Gasteiger charge is -2.07. The summed E-state index contributed by atoms with van der Waals surface area (Å²) in [5, 5.41) is 19.1. The van der Waals surface area contributed by atoms with E-state index in [1.165, 1.54) is 20.4 Å². The molecule has 0 amide bonds. The van der Waals surface area contributed by atoms with Gasteiger partial charge < -0.3 is 14.6 Å². The molecule has 2 aromatic rings. The van der Waals surface area contributed by atoms with Crippen LogP contribution in [0.5, 0.6) is 11.5 Å². The van der Waals surface area contributed by atoms with Crippen LogP contribution >= 0.6 is 12.2 Å². The van der Waals surface area contributed by atoms with E-state index in [0.717, 1.165) is 4.68 Å². The summed E-state index contributed by atoms with van der Waals surface area (Å²) in [6.45, 7) is 0. The second-order valence-corrected chi connectivity index (χ2v) is 5.23. The number of hydrogen-bond acceptors (Lipinski definition) is 7. The molecule has 10 heteroatoms. The van der Waals surface area contributed by atoms with Crippen LogP contribution in [0.3, 0.4) is 0 Å². The predicted molar refractivity (Wildman–Crippen MR) is 92.2 cm³/mol. The van der Waals surface area contributed by atoms with E-state index in [-0.39, 0.29) is 23.3 Å². The van der Waals surface area contributed by atoms with Crippen molar-refractivity contribution in [1.29, 1.82) is 0 Å². The minimum absolute atomic E-state index is 0.00666. The van der Waals surface area contributed by atoms with Gasteiger partial charge in [-0.2, -0.15) is 14.9 Å². The van der Waals surface area contributed by atoms with Gasteiger partial charge in [-0.1, -0.05) is 0 Å². The molecule has 2 rings (SSSR count). The minimum Gasteiger partial charge on any atom is -0.497 e. The molecule has 2 N–H and O–H groups in total. The summed E-state index contributed by atoms with van der Waals surface area (Å²) in [5.41, 5.74) is 0.0667. The molecule has 0 bridgehead atoms. The summed E-state index contributed by atoms with van der Waals surface area (Å²) in [7, 11) is 3.04. The second-order valence-electron chi connectivity index (χ2n) is 4.84. The SMILES string of the molecule is COc1ccc(/C=N\n2c(=S)[nH]nc(CCC(=O)O)c2=O)c(OC)c1. The van der Waals surface area contributed by atoms with Gasteiger partial charge in [0, 0.05) is 18.1 Å². The number of carboxylic acid groups (broad SMARTS) is 1. The van der Waals surface area contributed by atoms with Crippen molar-refractivity contribution in [3.05, 3.63) is 44.6 Å². The number of carbonyl (C=O) groups is 1. The van der Waals surface area contributed by atoms with E-state index in [9.17, 15) is 9.59 Å². The number of aromatic amines is 1. The molecule has 1 heterocycles. The highest BCUT2D eigenvalue weighted by molar-refractivity contribution is 7.71. The minimum atomic E-state index is -1.03. The Hall–Kier alpha value is -3.01. The number of nitrogens with one attached hydrogen (secondary N) is 1. The number of benzene rings is 1. The molecule has 132 valence electrons. The van der Waals surface area contributed by atoms with Gasteiger partial charge in [-0.25, -0.2) is 0 Å². The number of ether oxygens (including phenoxy) is 2.